The standard InChI is InChI=1S/C26H35Cl2N3O3/c1-30(26(32)17-20-8-9-23(27)24(28)16-20)25(21-6-4-3-5-7-21)19-31-12-10-22(18-31)29-11-13-34-15-14-33-2/h3-9,16,22,25,29H,10-15,17-19H2,1-2H3/t22-,25?/m0/s1. The second-order valence-electron chi connectivity index (χ2n) is 8.66. The lowest BCUT2D eigenvalue weighted by atomic mass is 10.0. The molecule has 2 aromatic carbocycles. The molecule has 0 saturated carbocycles. The van der Waals surface area contributed by atoms with Gasteiger partial charge in [0.15, 0.2) is 0 Å². The molecule has 0 aliphatic carbocycles. The summed E-state index contributed by atoms with van der Waals surface area (Å²) in [5, 5.41) is 4.54. The number of halogens is 2. The molecule has 1 unspecified atom stereocenters. The lowest BCUT2D eigenvalue weighted by Crippen LogP contribution is -2.41. The van der Waals surface area contributed by atoms with Gasteiger partial charge in [-0.2, -0.15) is 0 Å². The van der Waals surface area contributed by atoms with E-state index in [0.717, 1.165) is 43.7 Å². The zero-order valence-corrected chi connectivity index (χ0v) is 21.5. The van der Waals surface area contributed by atoms with Crippen LogP contribution in [0.25, 0.3) is 0 Å². The number of nitrogens with one attached hydrogen (secondary N) is 1. The third kappa shape index (κ3) is 8.22. The van der Waals surface area contributed by atoms with Crippen LogP contribution in [0.2, 0.25) is 10.0 Å². The molecule has 2 atom stereocenters. The van der Waals surface area contributed by atoms with Gasteiger partial charge in [-0.05, 0) is 36.2 Å². The van der Waals surface area contributed by atoms with E-state index in [9.17, 15) is 4.79 Å². The van der Waals surface area contributed by atoms with E-state index in [2.05, 4.69) is 22.3 Å². The molecule has 34 heavy (non-hydrogen) atoms. The van der Waals surface area contributed by atoms with E-state index < -0.39 is 0 Å². The van der Waals surface area contributed by atoms with Gasteiger partial charge >= 0.3 is 0 Å². The Bertz CT molecular complexity index is 900. The minimum absolute atomic E-state index is 0.0346. The second kappa shape index (κ2) is 14.0. The minimum Gasteiger partial charge on any atom is -0.382 e. The van der Waals surface area contributed by atoms with Crippen molar-refractivity contribution >= 4 is 29.1 Å². The van der Waals surface area contributed by atoms with Crippen molar-refractivity contribution in [3.8, 4) is 0 Å². The number of benzene rings is 2. The van der Waals surface area contributed by atoms with Crippen molar-refractivity contribution in [1.82, 2.24) is 15.1 Å². The van der Waals surface area contributed by atoms with Crippen molar-refractivity contribution in [3.63, 3.8) is 0 Å². The van der Waals surface area contributed by atoms with Crippen molar-refractivity contribution < 1.29 is 14.3 Å². The first-order chi connectivity index (χ1) is 16.5. The Balaban J connectivity index is 1.57. The summed E-state index contributed by atoms with van der Waals surface area (Å²) < 4.78 is 10.5. The van der Waals surface area contributed by atoms with Crippen LogP contribution >= 0.6 is 23.2 Å². The largest absolute Gasteiger partial charge is 0.382 e. The highest BCUT2D eigenvalue weighted by atomic mass is 35.5. The van der Waals surface area contributed by atoms with Gasteiger partial charge in [0.2, 0.25) is 5.91 Å². The number of carbonyl (C=O) groups excluding carboxylic acids is 1. The van der Waals surface area contributed by atoms with Gasteiger partial charge < -0.3 is 19.7 Å². The van der Waals surface area contributed by atoms with Gasteiger partial charge in [-0.25, -0.2) is 0 Å². The highest BCUT2D eigenvalue weighted by Crippen LogP contribution is 2.26. The van der Waals surface area contributed by atoms with Crippen molar-refractivity contribution in [2.45, 2.75) is 24.9 Å². The first-order valence-corrected chi connectivity index (χ1v) is 12.5. The van der Waals surface area contributed by atoms with Gasteiger partial charge in [-0.1, -0.05) is 59.6 Å². The number of likely N-dealkylation sites (tertiary alicyclic amines) is 1. The number of hydrogen-bond acceptors (Lipinski definition) is 5. The molecule has 1 aliphatic rings. The highest BCUT2D eigenvalue weighted by Gasteiger charge is 2.28. The molecule has 3 rings (SSSR count). The van der Waals surface area contributed by atoms with Gasteiger partial charge in [0.25, 0.3) is 0 Å². The van der Waals surface area contributed by atoms with Crippen LogP contribution in [0, 0.1) is 0 Å². The van der Waals surface area contributed by atoms with Crippen LogP contribution in [0.3, 0.4) is 0 Å². The maximum absolute atomic E-state index is 13.2. The molecule has 2 aromatic rings. The van der Waals surface area contributed by atoms with Gasteiger partial charge in [-0.3, -0.25) is 9.69 Å². The van der Waals surface area contributed by atoms with E-state index >= 15 is 0 Å². The second-order valence-corrected chi connectivity index (χ2v) is 9.48. The summed E-state index contributed by atoms with van der Waals surface area (Å²) in [5.41, 5.74) is 1.99. The first kappa shape index (κ1) is 26.9. The SMILES string of the molecule is COCCOCCN[C@H]1CCN(CC(c2ccccc2)N(C)C(=O)Cc2ccc(Cl)c(Cl)c2)C1. The van der Waals surface area contributed by atoms with Crippen molar-refractivity contribution in [2.75, 3.05) is 60.2 Å². The van der Waals surface area contributed by atoms with E-state index in [1.807, 2.05) is 36.2 Å². The van der Waals surface area contributed by atoms with Crippen LogP contribution in [0.4, 0.5) is 0 Å². The van der Waals surface area contributed by atoms with E-state index in [0.29, 0.717) is 35.9 Å². The average molecular weight is 508 g/mol. The number of likely N-dealkylation sites (N-methyl/N-ethyl adjacent to an activating group) is 1. The summed E-state index contributed by atoms with van der Waals surface area (Å²) in [6.07, 6.45) is 1.37. The topological polar surface area (TPSA) is 54.0 Å². The number of hydrogen-bond donors (Lipinski definition) is 1. The fourth-order valence-corrected chi connectivity index (χ4v) is 4.56. The third-order valence-corrected chi connectivity index (χ3v) is 6.94. The van der Waals surface area contributed by atoms with Crippen LogP contribution in [-0.2, 0) is 20.7 Å². The molecule has 1 N–H and O–H groups in total. The molecule has 0 radical (unpaired) electrons. The number of rotatable bonds is 13. The monoisotopic (exact) mass is 507 g/mol. The number of methoxy groups -OCH3 is 1. The fourth-order valence-electron chi connectivity index (χ4n) is 4.24. The number of nitrogens with zero attached hydrogens (tertiary/aromatic N) is 2. The maximum atomic E-state index is 13.2. The summed E-state index contributed by atoms with van der Waals surface area (Å²) in [4.78, 5) is 17.5. The Hall–Kier alpha value is -1.67. The Morgan fingerprint density at radius 2 is 1.94 bits per heavy atom. The molecule has 1 fully saturated rings. The number of carbonyl (C=O) groups is 1. The fraction of sp³-hybridized carbons (Fsp3) is 0.500. The molecular weight excluding hydrogens is 473 g/mol. The predicted octanol–water partition coefficient (Wildman–Crippen LogP) is 4.06. The van der Waals surface area contributed by atoms with Gasteiger partial charge in [0.05, 0.1) is 42.3 Å². The zero-order chi connectivity index (χ0) is 24.3. The number of amides is 1. The molecule has 1 saturated heterocycles. The van der Waals surface area contributed by atoms with Gasteiger partial charge in [0, 0.05) is 39.8 Å². The van der Waals surface area contributed by atoms with Crippen LogP contribution < -0.4 is 5.32 Å². The molecule has 1 aliphatic heterocycles. The summed E-state index contributed by atoms with van der Waals surface area (Å²) in [5.74, 6) is 0.0503. The Kier molecular flexibility index (Phi) is 11.1. The molecule has 6 nitrogen and oxygen atoms in total. The minimum atomic E-state index is -0.0346. The summed E-state index contributed by atoms with van der Waals surface area (Å²) >= 11 is 12.2. The molecule has 0 spiro atoms. The Morgan fingerprint density at radius 1 is 1.15 bits per heavy atom. The Morgan fingerprint density at radius 3 is 2.68 bits per heavy atom. The molecular formula is C26H35Cl2N3O3. The summed E-state index contributed by atoms with van der Waals surface area (Å²) in [6.45, 7) is 5.49. The zero-order valence-electron chi connectivity index (χ0n) is 20.0. The summed E-state index contributed by atoms with van der Waals surface area (Å²) in [7, 11) is 3.57. The lowest BCUT2D eigenvalue weighted by molar-refractivity contribution is -0.131. The smallest absolute Gasteiger partial charge is 0.227 e. The lowest BCUT2D eigenvalue weighted by Gasteiger charge is -2.32. The van der Waals surface area contributed by atoms with Crippen molar-refractivity contribution in [2.24, 2.45) is 0 Å². The van der Waals surface area contributed by atoms with Gasteiger partial charge in [0.1, 0.15) is 0 Å². The number of ether oxygens (including phenoxy) is 2. The highest BCUT2D eigenvalue weighted by molar-refractivity contribution is 6.42. The van der Waals surface area contributed by atoms with Crippen molar-refractivity contribution in [3.05, 3.63) is 69.7 Å². The van der Waals surface area contributed by atoms with Crippen LogP contribution in [0.5, 0.6) is 0 Å². The van der Waals surface area contributed by atoms with E-state index in [1.165, 1.54) is 0 Å². The Labute approximate surface area is 213 Å². The van der Waals surface area contributed by atoms with Crippen LogP contribution in [0.1, 0.15) is 23.6 Å². The van der Waals surface area contributed by atoms with Crippen molar-refractivity contribution in [1.29, 1.82) is 0 Å². The maximum Gasteiger partial charge on any atom is 0.227 e. The van der Waals surface area contributed by atoms with Crippen LogP contribution in [-0.4, -0.2) is 81.9 Å². The molecule has 1 amide bonds. The molecule has 1 heterocycles. The van der Waals surface area contributed by atoms with E-state index in [1.54, 1.807) is 19.2 Å². The molecule has 186 valence electrons. The first-order valence-electron chi connectivity index (χ1n) is 11.7. The predicted molar refractivity (Wildman–Crippen MR) is 138 cm³/mol. The molecule has 0 bridgehead atoms. The summed E-state index contributed by atoms with van der Waals surface area (Å²) in [6, 6.07) is 16.0. The van der Waals surface area contributed by atoms with E-state index in [-0.39, 0.29) is 18.4 Å². The molecule has 0 aromatic heterocycles. The quantitative estimate of drug-likeness (QED) is 0.414. The van der Waals surface area contributed by atoms with Crippen LogP contribution in [0.15, 0.2) is 48.5 Å². The average Bonchev–Trinajstić information content (AvgIpc) is 3.29. The third-order valence-electron chi connectivity index (χ3n) is 6.20. The molecule has 8 heteroatoms. The normalized spacial score (nSPS) is 17.1. The van der Waals surface area contributed by atoms with E-state index in [4.69, 9.17) is 32.7 Å². The van der Waals surface area contributed by atoms with Gasteiger partial charge in [-0.15, -0.1) is 0 Å².